The fraction of sp³-hybridized carbons (Fsp3) is 0.389. The average Bonchev–Trinajstić information content (AvgIpc) is 3.23. The predicted molar refractivity (Wildman–Crippen MR) is 89.8 cm³/mol. The van der Waals surface area contributed by atoms with E-state index < -0.39 is 0 Å². The van der Waals surface area contributed by atoms with E-state index in [0.29, 0.717) is 12.0 Å². The Kier molecular flexibility index (Phi) is 3.80. The molecule has 1 aromatic heterocycles. The van der Waals surface area contributed by atoms with Crippen LogP contribution in [0.15, 0.2) is 36.7 Å². The number of carbonyl (C=O) groups is 2. The van der Waals surface area contributed by atoms with Crippen molar-refractivity contribution in [3.63, 3.8) is 0 Å². The quantitative estimate of drug-likeness (QED) is 0.935. The molecule has 4 rings (SSSR count). The molecule has 1 fully saturated rings. The number of amides is 2. The van der Waals surface area contributed by atoms with Crippen molar-refractivity contribution in [3.05, 3.63) is 48.0 Å². The van der Waals surface area contributed by atoms with Crippen molar-refractivity contribution in [3.8, 4) is 0 Å². The number of aromatic nitrogens is 2. The number of nitrogens with zero attached hydrogens (tertiary/aromatic N) is 3. The summed E-state index contributed by atoms with van der Waals surface area (Å²) in [4.78, 5) is 30.3. The zero-order valence-electron chi connectivity index (χ0n) is 13.4. The molecular weight excluding hydrogens is 304 g/mol. The van der Waals surface area contributed by atoms with Crippen LogP contribution in [0, 0.1) is 0 Å². The molecule has 2 amide bonds. The van der Waals surface area contributed by atoms with Gasteiger partial charge in [-0.15, -0.1) is 0 Å². The van der Waals surface area contributed by atoms with E-state index in [1.807, 2.05) is 18.3 Å². The summed E-state index contributed by atoms with van der Waals surface area (Å²) in [5, 5.41) is 3.10. The number of fused-ring (bicyclic) bond motifs is 1. The van der Waals surface area contributed by atoms with Crippen molar-refractivity contribution in [2.75, 3.05) is 11.4 Å². The van der Waals surface area contributed by atoms with Gasteiger partial charge in [0.1, 0.15) is 5.82 Å². The van der Waals surface area contributed by atoms with Gasteiger partial charge in [0.2, 0.25) is 5.91 Å². The first kappa shape index (κ1) is 14.9. The second-order valence-corrected chi connectivity index (χ2v) is 6.40. The molecule has 24 heavy (non-hydrogen) atoms. The van der Waals surface area contributed by atoms with E-state index >= 15 is 0 Å². The first-order valence-electron chi connectivity index (χ1n) is 8.42. The van der Waals surface area contributed by atoms with E-state index in [1.54, 1.807) is 23.2 Å². The average molecular weight is 324 g/mol. The Bertz CT molecular complexity index is 766. The summed E-state index contributed by atoms with van der Waals surface area (Å²) >= 11 is 0. The second kappa shape index (κ2) is 6.11. The molecule has 0 unspecified atom stereocenters. The third-order valence-electron chi connectivity index (χ3n) is 4.78. The minimum absolute atomic E-state index is 0.0668. The molecule has 124 valence electrons. The highest BCUT2D eigenvalue weighted by atomic mass is 16.2. The van der Waals surface area contributed by atoms with Crippen LogP contribution in [-0.4, -0.2) is 34.0 Å². The van der Waals surface area contributed by atoms with Gasteiger partial charge in [-0.3, -0.25) is 9.59 Å². The third kappa shape index (κ3) is 2.79. The number of rotatable bonds is 3. The van der Waals surface area contributed by atoms with Gasteiger partial charge in [0.05, 0.1) is 0 Å². The maximum atomic E-state index is 12.4. The van der Waals surface area contributed by atoms with Crippen molar-refractivity contribution in [2.24, 2.45) is 0 Å². The summed E-state index contributed by atoms with van der Waals surface area (Å²) in [6.45, 7) is 1.53. The topological polar surface area (TPSA) is 67.2 Å². The van der Waals surface area contributed by atoms with Gasteiger partial charge >= 0.3 is 0 Å². The van der Waals surface area contributed by atoms with E-state index in [0.717, 1.165) is 43.9 Å². The smallest absolute Gasteiger partial charge is 0.251 e. The SMILES string of the molecule is O=C(N[C@@H]1CCc2nccn2C1)c1ccc(N2CCCC2=O)cc1. The molecule has 1 N–H and O–H groups in total. The lowest BCUT2D eigenvalue weighted by molar-refractivity contribution is -0.117. The van der Waals surface area contributed by atoms with Crippen molar-refractivity contribution in [2.45, 2.75) is 38.3 Å². The summed E-state index contributed by atoms with van der Waals surface area (Å²) in [5.74, 6) is 1.17. The van der Waals surface area contributed by atoms with Crippen LogP contribution in [0.4, 0.5) is 5.69 Å². The maximum absolute atomic E-state index is 12.4. The number of anilines is 1. The van der Waals surface area contributed by atoms with Gasteiger partial charge in [0, 0.05) is 55.6 Å². The molecule has 0 spiro atoms. The van der Waals surface area contributed by atoms with Crippen LogP contribution in [0.2, 0.25) is 0 Å². The van der Waals surface area contributed by atoms with Gasteiger partial charge in [0.25, 0.3) is 5.91 Å². The molecular formula is C18H20N4O2. The summed E-state index contributed by atoms with van der Waals surface area (Å²) in [7, 11) is 0. The summed E-state index contributed by atoms with van der Waals surface area (Å²) in [5.41, 5.74) is 1.50. The van der Waals surface area contributed by atoms with Gasteiger partial charge in [-0.05, 0) is 37.1 Å². The zero-order valence-corrected chi connectivity index (χ0v) is 13.4. The fourth-order valence-electron chi connectivity index (χ4n) is 3.47. The third-order valence-corrected chi connectivity index (χ3v) is 4.78. The number of aryl methyl sites for hydroxylation is 1. The van der Waals surface area contributed by atoms with Gasteiger partial charge in [-0.1, -0.05) is 0 Å². The Morgan fingerprint density at radius 3 is 2.79 bits per heavy atom. The normalized spacial score (nSPS) is 20.1. The van der Waals surface area contributed by atoms with E-state index in [2.05, 4.69) is 14.9 Å². The van der Waals surface area contributed by atoms with Crippen LogP contribution in [-0.2, 0) is 17.8 Å². The number of carbonyl (C=O) groups excluding carboxylic acids is 2. The van der Waals surface area contributed by atoms with E-state index in [1.165, 1.54) is 0 Å². The molecule has 2 aliphatic rings. The molecule has 6 heteroatoms. The molecule has 2 aliphatic heterocycles. The zero-order chi connectivity index (χ0) is 16.5. The molecule has 1 atom stereocenters. The number of hydrogen-bond donors (Lipinski definition) is 1. The standard InChI is InChI=1S/C18H20N4O2/c23-17-2-1-10-22(17)15-6-3-13(4-7-15)18(24)20-14-5-8-16-19-9-11-21(16)12-14/h3-4,6-7,9,11,14H,1-2,5,8,10,12H2,(H,20,24)/t14-/m1/s1. The fourth-order valence-corrected chi connectivity index (χ4v) is 3.47. The molecule has 0 bridgehead atoms. The summed E-state index contributed by atoms with van der Waals surface area (Å²) in [6.07, 6.45) is 7.06. The molecule has 0 saturated carbocycles. The minimum Gasteiger partial charge on any atom is -0.347 e. The van der Waals surface area contributed by atoms with E-state index in [9.17, 15) is 9.59 Å². The Balaban J connectivity index is 1.41. The van der Waals surface area contributed by atoms with Crippen molar-refractivity contribution in [1.82, 2.24) is 14.9 Å². The molecule has 0 aliphatic carbocycles. The number of imidazole rings is 1. The lowest BCUT2D eigenvalue weighted by atomic mass is 10.1. The molecule has 3 heterocycles. The maximum Gasteiger partial charge on any atom is 0.251 e. The van der Waals surface area contributed by atoms with Gasteiger partial charge in [-0.25, -0.2) is 4.98 Å². The molecule has 0 radical (unpaired) electrons. The Labute approximate surface area is 140 Å². The largest absolute Gasteiger partial charge is 0.347 e. The highest BCUT2D eigenvalue weighted by molar-refractivity contribution is 5.97. The van der Waals surface area contributed by atoms with Crippen LogP contribution in [0.25, 0.3) is 0 Å². The highest BCUT2D eigenvalue weighted by Crippen LogP contribution is 2.22. The Morgan fingerprint density at radius 2 is 2.04 bits per heavy atom. The molecule has 6 nitrogen and oxygen atoms in total. The van der Waals surface area contributed by atoms with Crippen LogP contribution in [0.5, 0.6) is 0 Å². The number of benzene rings is 1. The highest BCUT2D eigenvalue weighted by Gasteiger charge is 2.23. The van der Waals surface area contributed by atoms with E-state index in [-0.39, 0.29) is 17.9 Å². The molecule has 1 saturated heterocycles. The molecule has 2 aromatic rings. The Hall–Kier alpha value is -2.63. The lowest BCUT2D eigenvalue weighted by Gasteiger charge is -2.24. The summed E-state index contributed by atoms with van der Waals surface area (Å²) < 4.78 is 2.09. The van der Waals surface area contributed by atoms with E-state index in [4.69, 9.17) is 0 Å². The predicted octanol–water partition coefficient (Wildman–Crippen LogP) is 1.75. The monoisotopic (exact) mass is 324 g/mol. The van der Waals surface area contributed by atoms with Gasteiger partial charge in [0.15, 0.2) is 0 Å². The lowest BCUT2D eigenvalue weighted by Crippen LogP contribution is -2.40. The Morgan fingerprint density at radius 1 is 1.21 bits per heavy atom. The first-order valence-corrected chi connectivity index (χ1v) is 8.42. The van der Waals surface area contributed by atoms with Crippen molar-refractivity contribution in [1.29, 1.82) is 0 Å². The van der Waals surface area contributed by atoms with Crippen molar-refractivity contribution < 1.29 is 9.59 Å². The van der Waals surface area contributed by atoms with Crippen LogP contribution in [0.1, 0.15) is 35.4 Å². The van der Waals surface area contributed by atoms with Crippen LogP contribution < -0.4 is 10.2 Å². The number of hydrogen-bond acceptors (Lipinski definition) is 3. The molecule has 1 aromatic carbocycles. The number of nitrogens with one attached hydrogen (secondary N) is 1. The van der Waals surface area contributed by atoms with Crippen molar-refractivity contribution >= 4 is 17.5 Å². The van der Waals surface area contributed by atoms with Gasteiger partial charge in [-0.2, -0.15) is 0 Å². The van der Waals surface area contributed by atoms with Crippen LogP contribution >= 0.6 is 0 Å². The summed E-state index contributed by atoms with van der Waals surface area (Å²) in [6, 6.07) is 7.42. The van der Waals surface area contributed by atoms with Gasteiger partial charge < -0.3 is 14.8 Å². The minimum atomic E-state index is -0.0668. The second-order valence-electron chi connectivity index (χ2n) is 6.40. The first-order chi connectivity index (χ1) is 11.7. The van der Waals surface area contributed by atoms with Crippen LogP contribution in [0.3, 0.4) is 0 Å².